The topological polar surface area (TPSA) is 128 Å². The van der Waals surface area contributed by atoms with E-state index in [4.69, 9.17) is 4.74 Å². The van der Waals surface area contributed by atoms with Crippen molar-refractivity contribution in [3.8, 4) is 5.75 Å². The molecule has 0 fully saturated rings. The second-order valence-electron chi connectivity index (χ2n) is 9.62. The maximum absolute atomic E-state index is 13.6. The van der Waals surface area contributed by atoms with Gasteiger partial charge in [-0.25, -0.2) is 4.79 Å². The van der Waals surface area contributed by atoms with E-state index >= 15 is 0 Å². The molecule has 4 N–H and O–H groups in total. The largest absolute Gasteiger partial charge is 0.508 e. The minimum Gasteiger partial charge on any atom is -0.508 e. The van der Waals surface area contributed by atoms with Crippen molar-refractivity contribution in [2.45, 2.75) is 90.8 Å². The number of phenols is 1. The van der Waals surface area contributed by atoms with Gasteiger partial charge >= 0.3 is 6.09 Å². The predicted molar refractivity (Wildman–Crippen MR) is 135 cm³/mol. The molecule has 3 amide bonds. The lowest BCUT2D eigenvalue weighted by molar-refractivity contribution is -0.143. The van der Waals surface area contributed by atoms with Crippen molar-refractivity contribution in [2.75, 3.05) is 19.7 Å². The van der Waals surface area contributed by atoms with Crippen molar-refractivity contribution in [1.82, 2.24) is 15.5 Å². The number of nitrogens with one attached hydrogen (secondary N) is 2. The molecule has 0 aliphatic rings. The molecule has 1 rings (SSSR count). The zero-order chi connectivity index (χ0) is 26.4. The number of amides is 3. The zero-order valence-corrected chi connectivity index (χ0v) is 21.8. The van der Waals surface area contributed by atoms with Crippen molar-refractivity contribution in [3.05, 3.63) is 29.8 Å². The molecule has 0 aromatic heterocycles. The Labute approximate surface area is 209 Å². The number of phenolic OH excluding ortho intramolecular Hbond substituents is 1. The Hall–Kier alpha value is -2.81. The number of benzene rings is 1. The summed E-state index contributed by atoms with van der Waals surface area (Å²) in [6, 6.07) is 3.89. The average molecular weight is 494 g/mol. The second-order valence-corrected chi connectivity index (χ2v) is 9.62. The zero-order valence-electron chi connectivity index (χ0n) is 21.8. The van der Waals surface area contributed by atoms with Crippen LogP contribution in [0.3, 0.4) is 0 Å². The quantitative estimate of drug-likeness (QED) is 0.293. The standard InChI is InChI=1S/C26H43N3O6/c1-6-8-10-11-16-29(24(33)21(18-30)28-25(34)35-26(3,4)5)22(23(32)27-15-9-7-2)19-13-12-14-20(31)17-19/h12-14,17,21-22,30-31H,6-11,15-16,18H2,1-5H3,(H,27,32)(H,28,34). The number of rotatable bonds is 14. The highest BCUT2D eigenvalue weighted by atomic mass is 16.6. The molecule has 198 valence electrons. The molecule has 0 aliphatic carbocycles. The fraction of sp³-hybridized carbons (Fsp3) is 0.654. The number of ether oxygens (including phenoxy) is 1. The van der Waals surface area contributed by atoms with Crippen molar-refractivity contribution in [3.63, 3.8) is 0 Å². The van der Waals surface area contributed by atoms with Crippen molar-refractivity contribution in [2.24, 2.45) is 0 Å². The lowest BCUT2D eigenvalue weighted by Crippen LogP contribution is -2.54. The molecule has 1 aromatic carbocycles. The third-order valence-electron chi connectivity index (χ3n) is 5.28. The van der Waals surface area contributed by atoms with Gasteiger partial charge in [0, 0.05) is 13.1 Å². The first kappa shape index (κ1) is 30.2. The summed E-state index contributed by atoms with van der Waals surface area (Å²) in [6.07, 6.45) is 4.31. The molecule has 1 aromatic rings. The molecule has 0 spiro atoms. The smallest absolute Gasteiger partial charge is 0.408 e. The lowest BCUT2D eigenvalue weighted by Gasteiger charge is -2.34. The van der Waals surface area contributed by atoms with Gasteiger partial charge in [-0.05, 0) is 51.3 Å². The molecule has 35 heavy (non-hydrogen) atoms. The maximum Gasteiger partial charge on any atom is 0.408 e. The van der Waals surface area contributed by atoms with Gasteiger partial charge in [0.25, 0.3) is 0 Å². The van der Waals surface area contributed by atoms with Crippen LogP contribution in [0.15, 0.2) is 24.3 Å². The Morgan fingerprint density at radius 3 is 2.31 bits per heavy atom. The molecule has 0 radical (unpaired) electrons. The van der Waals surface area contributed by atoms with Crippen LogP contribution in [0.2, 0.25) is 0 Å². The van der Waals surface area contributed by atoms with Crippen LogP contribution in [-0.4, -0.2) is 64.4 Å². The summed E-state index contributed by atoms with van der Waals surface area (Å²) in [5.74, 6) is -1.02. The maximum atomic E-state index is 13.6. The van der Waals surface area contributed by atoms with Crippen LogP contribution < -0.4 is 10.6 Å². The van der Waals surface area contributed by atoms with E-state index in [1.807, 2.05) is 6.92 Å². The number of aliphatic hydroxyl groups is 1. The van der Waals surface area contributed by atoms with E-state index in [-0.39, 0.29) is 18.2 Å². The molecule has 2 unspecified atom stereocenters. The van der Waals surface area contributed by atoms with Gasteiger partial charge in [0.2, 0.25) is 11.8 Å². The van der Waals surface area contributed by atoms with Crippen LogP contribution in [-0.2, 0) is 14.3 Å². The Morgan fingerprint density at radius 2 is 1.74 bits per heavy atom. The van der Waals surface area contributed by atoms with Gasteiger partial charge in [0.05, 0.1) is 6.61 Å². The van der Waals surface area contributed by atoms with Crippen molar-refractivity contribution in [1.29, 1.82) is 0 Å². The van der Waals surface area contributed by atoms with Gasteiger partial charge < -0.3 is 30.5 Å². The molecular formula is C26H43N3O6. The summed E-state index contributed by atoms with van der Waals surface area (Å²) in [6.45, 7) is 9.20. The molecule has 0 bridgehead atoms. The van der Waals surface area contributed by atoms with E-state index in [2.05, 4.69) is 17.6 Å². The SMILES string of the molecule is CCCCCCN(C(=O)C(CO)NC(=O)OC(C)(C)C)C(C(=O)NCCCC)c1cccc(O)c1. The summed E-state index contributed by atoms with van der Waals surface area (Å²) in [5.41, 5.74) is -0.340. The minimum atomic E-state index is -1.29. The average Bonchev–Trinajstić information content (AvgIpc) is 2.78. The molecule has 9 nitrogen and oxygen atoms in total. The van der Waals surface area contributed by atoms with E-state index < -0.39 is 36.3 Å². The molecule has 2 atom stereocenters. The molecule has 9 heteroatoms. The molecule has 0 aliphatic heterocycles. The number of alkyl carbamates (subject to hydrolysis) is 1. The Balaban J connectivity index is 3.32. The van der Waals surface area contributed by atoms with Gasteiger partial charge in [-0.3, -0.25) is 9.59 Å². The van der Waals surface area contributed by atoms with Crippen LogP contribution in [0.5, 0.6) is 5.75 Å². The number of hydrogen-bond acceptors (Lipinski definition) is 6. The van der Waals surface area contributed by atoms with Gasteiger partial charge in [-0.2, -0.15) is 0 Å². The van der Waals surface area contributed by atoms with E-state index in [1.165, 1.54) is 17.0 Å². The van der Waals surface area contributed by atoms with E-state index in [0.29, 0.717) is 18.5 Å². The second kappa shape index (κ2) is 15.2. The lowest BCUT2D eigenvalue weighted by atomic mass is 10.0. The van der Waals surface area contributed by atoms with Gasteiger partial charge in [-0.1, -0.05) is 51.7 Å². The molecule has 0 saturated heterocycles. The number of carbonyl (C=O) groups excluding carboxylic acids is 3. The van der Waals surface area contributed by atoms with Crippen molar-refractivity contribution < 1.29 is 29.3 Å². The first-order valence-corrected chi connectivity index (χ1v) is 12.5. The highest BCUT2D eigenvalue weighted by molar-refractivity contribution is 5.92. The number of unbranched alkanes of at least 4 members (excludes halogenated alkanes) is 4. The first-order valence-electron chi connectivity index (χ1n) is 12.5. The normalized spacial score (nSPS) is 13.0. The summed E-state index contributed by atoms with van der Waals surface area (Å²) in [4.78, 5) is 40.6. The number of carbonyl (C=O) groups is 3. The Morgan fingerprint density at radius 1 is 1.06 bits per heavy atom. The van der Waals surface area contributed by atoms with E-state index in [9.17, 15) is 24.6 Å². The van der Waals surface area contributed by atoms with Gasteiger partial charge in [0.1, 0.15) is 23.4 Å². The van der Waals surface area contributed by atoms with Crippen LogP contribution in [0.1, 0.15) is 84.7 Å². The fourth-order valence-corrected chi connectivity index (χ4v) is 3.56. The Bertz CT molecular complexity index is 809. The molecule has 0 saturated carbocycles. The summed E-state index contributed by atoms with van der Waals surface area (Å²) >= 11 is 0. The molecule has 0 heterocycles. The summed E-state index contributed by atoms with van der Waals surface area (Å²) in [5, 5.41) is 25.3. The number of aliphatic hydroxyl groups excluding tert-OH is 1. The minimum absolute atomic E-state index is 0.0298. The highest BCUT2D eigenvalue weighted by Crippen LogP contribution is 2.26. The third kappa shape index (κ3) is 11.0. The van der Waals surface area contributed by atoms with Crippen LogP contribution in [0, 0.1) is 0 Å². The summed E-state index contributed by atoms with van der Waals surface area (Å²) in [7, 11) is 0. The van der Waals surface area contributed by atoms with Crippen molar-refractivity contribution >= 4 is 17.9 Å². The Kier molecular flexibility index (Phi) is 13.2. The van der Waals surface area contributed by atoms with E-state index in [0.717, 1.165) is 32.1 Å². The summed E-state index contributed by atoms with van der Waals surface area (Å²) < 4.78 is 5.24. The number of aromatic hydroxyl groups is 1. The number of nitrogens with zero attached hydrogens (tertiary/aromatic N) is 1. The monoisotopic (exact) mass is 493 g/mol. The highest BCUT2D eigenvalue weighted by Gasteiger charge is 2.36. The number of hydrogen-bond donors (Lipinski definition) is 4. The van der Waals surface area contributed by atoms with Crippen LogP contribution in [0.4, 0.5) is 4.79 Å². The predicted octanol–water partition coefficient (Wildman–Crippen LogP) is 3.64. The van der Waals surface area contributed by atoms with Gasteiger partial charge in [-0.15, -0.1) is 0 Å². The molecular weight excluding hydrogens is 450 g/mol. The van der Waals surface area contributed by atoms with E-state index in [1.54, 1.807) is 32.9 Å². The fourth-order valence-electron chi connectivity index (χ4n) is 3.56. The first-order chi connectivity index (χ1) is 16.5. The van der Waals surface area contributed by atoms with Crippen LogP contribution in [0.25, 0.3) is 0 Å². The third-order valence-corrected chi connectivity index (χ3v) is 5.28. The van der Waals surface area contributed by atoms with Crippen LogP contribution >= 0.6 is 0 Å². The van der Waals surface area contributed by atoms with Gasteiger partial charge in [0.15, 0.2) is 0 Å².